The van der Waals surface area contributed by atoms with Crippen LogP contribution in [0.15, 0.2) is 21.7 Å². The van der Waals surface area contributed by atoms with Crippen LogP contribution in [0.5, 0.6) is 0 Å². The molecule has 19 heavy (non-hydrogen) atoms. The summed E-state index contributed by atoms with van der Waals surface area (Å²) in [5.74, 6) is 0. The van der Waals surface area contributed by atoms with E-state index in [-0.39, 0.29) is 16.1 Å². The molecule has 1 saturated heterocycles. The van der Waals surface area contributed by atoms with Crippen molar-refractivity contribution in [2.45, 2.75) is 26.7 Å². The highest BCUT2D eigenvalue weighted by Gasteiger charge is 2.25. The number of halogens is 1. The minimum atomic E-state index is -3.52. The lowest BCUT2D eigenvalue weighted by molar-refractivity contribution is 0.425. The zero-order valence-corrected chi connectivity index (χ0v) is 13.7. The highest BCUT2D eigenvalue weighted by Crippen LogP contribution is 2.31. The molecular formula is C12H14IN3O2S. The minimum Gasteiger partial charge on any atom is -0.374 e. The van der Waals surface area contributed by atoms with E-state index in [0.717, 1.165) is 25.9 Å². The molecule has 1 aliphatic heterocycles. The minimum absolute atomic E-state index is 0.0908. The van der Waals surface area contributed by atoms with Crippen molar-refractivity contribution in [1.82, 2.24) is 4.90 Å². The molecule has 0 spiro atoms. The molecular weight excluding hydrogens is 377 g/mol. The van der Waals surface area contributed by atoms with Crippen molar-refractivity contribution in [1.29, 1.82) is 10.5 Å². The lowest BCUT2D eigenvalue weighted by atomic mass is 10.1. The quantitative estimate of drug-likeness (QED) is 0.319. The normalized spacial score (nSPS) is 16.4. The van der Waals surface area contributed by atoms with Gasteiger partial charge in [-0.1, -0.05) is 0 Å². The smallest absolute Gasteiger partial charge is 0.233 e. The Morgan fingerprint density at radius 1 is 1.16 bits per heavy atom. The Morgan fingerprint density at radius 2 is 1.63 bits per heavy atom. The maximum absolute atomic E-state index is 12.0. The second-order valence-corrected chi connectivity index (χ2v) is 9.03. The van der Waals surface area contributed by atoms with Gasteiger partial charge in [-0.2, -0.15) is 10.5 Å². The summed E-state index contributed by atoms with van der Waals surface area (Å²) in [6, 6.07) is 3.50. The van der Waals surface area contributed by atoms with Crippen molar-refractivity contribution in [3.63, 3.8) is 0 Å². The van der Waals surface area contributed by atoms with Gasteiger partial charge in [0.05, 0.1) is 21.2 Å². The Balaban J connectivity index is 3.49. The largest absolute Gasteiger partial charge is 0.374 e. The van der Waals surface area contributed by atoms with E-state index in [1.807, 2.05) is 4.90 Å². The number of rotatable bonds is 3. The molecule has 0 unspecified atom stereocenters. The van der Waals surface area contributed by atoms with Gasteiger partial charge in [-0.3, -0.25) is 0 Å². The molecule has 0 atom stereocenters. The molecule has 0 aromatic rings. The molecule has 5 nitrogen and oxygen atoms in total. The third kappa shape index (κ3) is 3.71. The van der Waals surface area contributed by atoms with Gasteiger partial charge in [-0.05, 0) is 32.3 Å². The van der Waals surface area contributed by atoms with Crippen LogP contribution in [0.2, 0.25) is 0 Å². The number of nitriles is 2. The molecule has 0 aromatic heterocycles. The molecule has 102 valence electrons. The summed E-state index contributed by atoms with van der Waals surface area (Å²) in [6.45, 7) is 4.85. The van der Waals surface area contributed by atoms with Gasteiger partial charge in [0, 0.05) is 18.8 Å². The van der Waals surface area contributed by atoms with Gasteiger partial charge in [0.15, 0.2) is 0 Å². The lowest BCUT2D eigenvalue weighted by Gasteiger charge is -2.21. The highest BCUT2D eigenvalue weighted by atomic mass is 127. The van der Waals surface area contributed by atoms with E-state index >= 15 is 0 Å². The van der Waals surface area contributed by atoms with E-state index < -0.39 is 7.01 Å². The number of hydrogen-bond donors (Lipinski definition) is 0. The Morgan fingerprint density at radius 3 is 2.00 bits per heavy atom. The Hall–Kier alpha value is -1.06. The fourth-order valence-corrected chi connectivity index (χ4v) is 5.03. The predicted molar refractivity (Wildman–Crippen MR) is 80.4 cm³/mol. The average Bonchev–Trinajstić information content (AvgIpc) is 2.82. The molecule has 0 radical (unpaired) electrons. The fraction of sp³-hybridized carbons (Fsp3) is 0.500. The zero-order valence-electron chi connectivity index (χ0n) is 10.8. The second kappa shape index (κ2) is 6.40. The molecule has 0 saturated carbocycles. The second-order valence-electron chi connectivity index (χ2n) is 4.27. The summed E-state index contributed by atoms with van der Waals surface area (Å²) < 4.78 is 23.9. The van der Waals surface area contributed by atoms with Gasteiger partial charge >= 0.3 is 0 Å². The van der Waals surface area contributed by atoms with Gasteiger partial charge in [-0.15, -0.1) is 0 Å². The van der Waals surface area contributed by atoms with E-state index in [1.54, 1.807) is 19.1 Å². The fourth-order valence-electron chi connectivity index (χ4n) is 2.13. The first-order chi connectivity index (χ1) is 8.82. The van der Waals surface area contributed by atoms with Crippen molar-refractivity contribution in [2.75, 3.05) is 13.1 Å². The Labute approximate surface area is 125 Å². The maximum Gasteiger partial charge on any atom is 0.233 e. The van der Waals surface area contributed by atoms with Crippen LogP contribution < -0.4 is 0 Å². The Bertz CT molecular complexity index is 598. The number of allylic oxidation sites excluding steroid dienone is 3. The molecule has 0 N–H and O–H groups in total. The predicted octanol–water partition coefficient (Wildman–Crippen LogP) is 2.44. The van der Waals surface area contributed by atoms with Crippen molar-refractivity contribution in [3.8, 4) is 12.1 Å². The summed E-state index contributed by atoms with van der Waals surface area (Å²) in [5.41, 5.74) is 0.685. The molecule has 7 heteroatoms. The van der Waals surface area contributed by atoms with Gasteiger partial charge in [0.25, 0.3) is 0 Å². The van der Waals surface area contributed by atoms with Gasteiger partial charge < -0.3 is 4.90 Å². The molecule has 1 fully saturated rings. The van der Waals surface area contributed by atoms with Crippen molar-refractivity contribution < 1.29 is 8.42 Å². The topological polar surface area (TPSA) is 85.0 Å². The SMILES string of the molecule is CC(=C(C#N)C#N)/C(=C(\C)N1CCCC1)S(=O)(=O)I. The monoisotopic (exact) mass is 391 g/mol. The van der Waals surface area contributed by atoms with Crippen LogP contribution >= 0.6 is 21.2 Å². The summed E-state index contributed by atoms with van der Waals surface area (Å²) in [6.07, 6.45) is 2.05. The van der Waals surface area contributed by atoms with Gasteiger partial charge in [-0.25, -0.2) is 8.42 Å². The van der Waals surface area contributed by atoms with Crippen LogP contribution in [0, 0.1) is 22.7 Å². The molecule has 1 rings (SSSR count). The van der Waals surface area contributed by atoms with E-state index in [9.17, 15) is 8.42 Å². The van der Waals surface area contributed by atoms with Gasteiger partial charge in [0.1, 0.15) is 22.6 Å². The Kier molecular flexibility index (Phi) is 5.39. The van der Waals surface area contributed by atoms with Crippen LogP contribution in [0.1, 0.15) is 26.7 Å². The molecule has 0 aromatic carbocycles. The molecule has 1 aliphatic rings. The average molecular weight is 391 g/mol. The van der Waals surface area contributed by atoms with Crippen LogP contribution in [-0.4, -0.2) is 26.4 Å². The number of likely N-dealkylation sites (tertiary alicyclic amines) is 1. The first-order valence-electron chi connectivity index (χ1n) is 5.75. The van der Waals surface area contributed by atoms with Crippen molar-refractivity contribution >= 4 is 28.2 Å². The van der Waals surface area contributed by atoms with Crippen molar-refractivity contribution in [2.24, 2.45) is 0 Å². The van der Waals surface area contributed by atoms with Crippen LogP contribution in [0.3, 0.4) is 0 Å². The van der Waals surface area contributed by atoms with E-state index in [4.69, 9.17) is 10.5 Å². The standard InChI is InChI=1S/C12H14IN3O2S/c1-9(11(7-14)8-15)12(19(13,17)18)10(2)16-5-3-4-6-16/h3-6H2,1-2H3/b12-10-. The van der Waals surface area contributed by atoms with E-state index in [2.05, 4.69) is 0 Å². The van der Waals surface area contributed by atoms with Crippen LogP contribution in [0.25, 0.3) is 0 Å². The summed E-state index contributed by atoms with van der Waals surface area (Å²) in [4.78, 5) is 2.08. The zero-order chi connectivity index (χ0) is 14.6. The maximum atomic E-state index is 12.0. The molecule has 1 heterocycles. The summed E-state index contributed by atoms with van der Waals surface area (Å²) in [5, 5.41) is 17.8. The number of nitrogens with zero attached hydrogens (tertiary/aromatic N) is 3. The lowest BCUT2D eigenvalue weighted by Crippen LogP contribution is -2.20. The van der Waals surface area contributed by atoms with Crippen LogP contribution in [-0.2, 0) is 7.01 Å². The highest BCUT2D eigenvalue weighted by molar-refractivity contribution is 14.2. The van der Waals surface area contributed by atoms with Gasteiger partial charge in [0.2, 0.25) is 7.01 Å². The summed E-state index contributed by atoms with van der Waals surface area (Å²) >= 11 is 1.36. The third-order valence-corrected chi connectivity index (χ3v) is 5.50. The van der Waals surface area contributed by atoms with E-state index in [0.29, 0.717) is 5.70 Å². The molecule has 0 bridgehead atoms. The first-order valence-corrected chi connectivity index (χ1v) is 9.77. The van der Waals surface area contributed by atoms with Crippen molar-refractivity contribution in [3.05, 3.63) is 21.7 Å². The van der Waals surface area contributed by atoms with Crippen LogP contribution in [0.4, 0.5) is 0 Å². The molecule has 0 aliphatic carbocycles. The first kappa shape index (κ1) is 16.0. The van der Waals surface area contributed by atoms with E-state index in [1.165, 1.54) is 28.1 Å². The number of hydrogen-bond acceptors (Lipinski definition) is 5. The molecule has 0 amide bonds. The third-order valence-electron chi connectivity index (χ3n) is 3.09. The summed E-state index contributed by atoms with van der Waals surface area (Å²) in [7, 11) is -3.52.